The van der Waals surface area contributed by atoms with Gasteiger partial charge in [-0.05, 0) is 83.4 Å². The summed E-state index contributed by atoms with van der Waals surface area (Å²) in [6, 6.07) is 65.5. The summed E-state index contributed by atoms with van der Waals surface area (Å²) in [5.41, 5.74) is 10.1. The zero-order chi connectivity index (χ0) is 40.0. The Morgan fingerprint density at radius 1 is 0.517 bits per heavy atom. The lowest BCUT2D eigenvalue weighted by atomic mass is 9.87. The maximum absolute atomic E-state index is 5.40. The second-order valence-electron chi connectivity index (χ2n) is 15.7. The largest absolute Gasteiger partial charge is 0.314 e. The number of unbranched alkanes of at least 4 members (excludes halogenated alkanes) is 1. The summed E-state index contributed by atoms with van der Waals surface area (Å²) in [5, 5.41) is 9.53. The van der Waals surface area contributed by atoms with Gasteiger partial charge >= 0.3 is 0 Å². The molecule has 4 nitrogen and oxygen atoms in total. The molecule has 60 heavy (non-hydrogen) atoms. The van der Waals surface area contributed by atoms with Gasteiger partial charge in [-0.3, -0.25) is 4.57 Å². The number of para-hydroxylation sites is 3. The van der Waals surface area contributed by atoms with E-state index >= 15 is 0 Å². The average molecular weight is 771 g/mol. The van der Waals surface area contributed by atoms with Crippen LogP contribution < -0.4 is 0 Å². The Labute approximate surface area is 349 Å². The number of fused-ring (bicyclic) bond motifs is 8. The van der Waals surface area contributed by atoms with Gasteiger partial charge in [-0.2, -0.15) is 0 Å². The predicted molar refractivity (Wildman–Crippen MR) is 253 cm³/mol. The summed E-state index contributed by atoms with van der Waals surface area (Å²) in [4.78, 5) is 10.7. The number of aromatic nitrogens is 4. The molecule has 0 aliphatic rings. The van der Waals surface area contributed by atoms with Gasteiger partial charge in [0.25, 0.3) is 0 Å². The number of rotatable bonds is 10. The minimum atomic E-state index is 0.0800. The van der Waals surface area contributed by atoms with Gasteiger partial charge in [-0.15, -0.1) is 6.58 Å². The van der Waals surface area contributed by atoms with Crippen molar-refractivity contribution in [2.24, 2.45) is 0 Å². The molecule has 286 valence electrons. The number of allylic oxidation sites excluding steroid dienone is 3. The highest BCUT2D eigenvalue weighted by molar-refractivity contribution is 6.19. The minimum Gasteiger partial charge on any atom is -0.314 e. The third-order valence-corrected chi connectivity index (χ3v) is 12.1. The first-order chi connectivity index (χ1) is 29.7. The van der Waals surface area contributed by atoms with E-state index in [2.05, 4.69) is 210 Å². The highest BCUT2D eigenvalue weighted by atomic mass is 15.2. The van der Waals surface area contributed by atoms with E-state index in [0.717, 1.165) is 52.5 Å². The van der Waals surface area contributed by atoms with Gasteiger partial charge in [-0.25, -0.2) is 9.97 Å². The van der Waals surface area contributed by atoms with Crippen LogP contribution in [0.5, 0.6) is 0 Å². The lowest BCUT2D eigenvalue weighted by Gasteiger charge is -2.20. The second kappa shape index (κ2) is 15.0. The molecule has 0 bridgehead atoms. The molecular weight excluding hydrogens is 729 g/mol. The van der Waals surface area contributed by atoms with Crippen LogP contribution in [0, 0.1) is 0 Å². The summed E-state index contributed by atoms with van der Waals surface area (Å²) >= 11 is 0. The lowest BCUT2D eigenvalue weighted by Crippen LogP contribution is -2.07. The van der Waals surface area contributed by atoms with Crippen molar-refractivity contribution in [3.05, 3.63) is 218 Å². The Balaban J connectivity index is 1.15. The van der Waals surface area contributed by atoms with E-state index in [1.807, 2.05) is 6.08 Å². The smallest absolute Gasteiger partial charge is 0.235 e. The minimum absolute atomic E-state index is 0.0800. The highest BCUT2D eigenvalue weighted by Gasteiger charge is 2.24. The van der Waals surface area contributed by atoms with E-state index in [1.54, 1.807) is 0 Å². The van der Waals surface area contributed by atoms with Crippen molar-refractivity contribution in [3.63, 3.8) is 0 Å². The molecule has 8 aromatic carbocycles. The molecule has 0 saturated heterocycles. The van der Waals surface area contributed by atoms with Crippen LogP contribution in [0.15, 0.2) is 207 Å². The Bertz CT molecular complexity index is 3440. The molecular formula is C56H42N4. The van der Waals surface area contributed by atoms with E-state index in [9.17, 15) is 0 Å². The lowest BCUT2D eigenvalue weighted by molar-refractivity contribution is 0.794. The molecule has 0 aliphatic carbocycles. The van der Waals surface area contributed by atoms with Crippen molar-refractivity contribution in [1.82, 2.24) is 19.1 Å². The quantitative estimate of drug-likeness (QED) is 0.103. The van der Waals surface area contributed by atoms with Crippen molar-refractivity contribution in [3.8, 4) is 22.9 Å². The molecule has 3 aromatic heterocycles. The molecule has 0 aliphatic heterocycles. The molecule has 1 atom stereocenters. The Hall–Kier alpha value is -7.56. The van der Waals surface area contributed by atoms with Gasteiger partial charge in [0.05, 0.1) is 27.8 Å². The van der Waals surface area contributed by atoms with E-state index in [4.69, 9.17) is 9.97 Å². The monoisotopic (exact) mass is 770 g/mol. The SMILES string of the molecule is C=CCC/C=C/C(Cc1cc2ccccc2n1-c1ccc2ccccc2c1)c1cc2c3ccccc3n(-c3nc(-c4ccccc4)c4ccccc4n3)c2c2ccccc12. The third kappa shape index (κ3) is 6.08. The van der Waals surface area contributed by atoms with Crippen LogP contribution in [-0.4, -0.2) is 19.1 Å². The fourth-order valence-corrected chi connectivity index (χ4v) is 9.31. The van der Waals surface area contributed by atoms with Gasteiger partial charge in [0.15, 0.2) is 0 Å². The van der Waals surface area contributed by atoms with Gasteiger partial charge in [0.1, 0.15) is 0 Å². The molecule has 4 heteroatoms. The first-order valence-electron chi connectivity index (χ1n) is 20.9. The van der Waals surface area contributed by atoms with Crippen LogP contribution in [0.4, 0.5) is 0 Å². The first-order valence-corrected chi connectivity index (χ1v) is 20.9. The highest BCUT2D eigenvalue weighted by Crippen LogP contribution is 2.42. The zero-order valence-corrected chi connectivity index (χ0v) is 33.2. The van der Waals surface area contributed by atoms with Crippen LogP contribution in [0.2, 0.25) is 0 Å². The molecule has 3 heterocycles. The van der Waals surface area contributed by atoms with E-state index in [1.165, 1.54) is 60.2 Å². The molecule has 0 spiro atoms. The van der Waals surface area contributed by atoms with Crippen molar-refractivity contribution in [2.45, 2.75) is 25.2 Å². The molecule has 0 radical (unpaired) electrons. The maximum Gasteiger partial charge on any atom is 0.235 e. The standard InChI is InChI=1S/C56H42N4/c1-2-3-4-6-23-41(35-44-36-42-24-11-17-30-52(42)59(44)43-33-32-38-19-9-10-22-40(38)34-43)49-37-50-46-26-15-18-31-53(46)60(55(50)47-27-13-12-25-45(47)49)56-57-51-29-16-14-28-48(51)54(58-56)39-20-7-5-8-21-39/h2,5-34,36-37,41H,1,3-4,35H2/b23-6+. The number of nitrogens with zero attached hydrogens (tertiary/aromatic N) is 4. The van der Waals surface area contributed by atoms with Crippen LogP contribution >= 0.6 is 0 Å². The Morgan fingerprint density at radius 2 is 1.20 bits per heavy atom. The second-order valence-corrected chi connectivity index (χ2v) is 15.7. The van der Waals surface area contributed by atoms with Crippen molar-refractivity contribution in [1.29, 1.82) is 0 Å². The van der Waals surface area contributed by atoms with E-state index in [0.29, 0.717) is 5.95 Å². The summed E-state index contributed by atoms with van der Waals surface area (Å²) in [5.74, 6) is 0.744. The van der Waals surface area contributed by atoms with E-state index < -0.39 is 0 Å². The van der Waals surface area contributed by atoms with Crippen LogP contribution in [0.3, 0.4) is 0 Å². The van der Waals surface area contributed by atoms with Crippen LogP contribution in [0.25, 0.3) is 88.0 Å². The molecule has 0 fully saturated rings. The fourth-order valence-electron chi connectivity index (χ4n) is 9.31. The third-order valence-electron chi connectivity index (χ3n) is 12.1. The van der Waals surface area contributed by atoms with Crippen LogP contribution in [-0.2, 0) is 6.42 Å². The maximum atomic E-state index is 5.40. The zero-order valence-electron chi connectivity index (χ0n) is 33.2. The summed E-state index contributed by atoms with van der Waals surface area (Å²) in [7, 11) is 0. The molecule has 11 rings (SSSR count). The van der Waals surface area contributed by atoms with Crippen molar-refractivity contribution >= 4 is 65.2 Å². The molecule has 0 amide bonds. The number of hydrogen-bond donors (Lipinski definition) is 0. The molecule has 11 aromatic rings. The van der Waals surface area contributed by atoms with Gasteiger partial charge < -0.3 is 4.57 Å². The van der Waals surface area contributed by atoms with E-state index in [-0.39, 0.29) is 5.92 Å². The topological polar surface area (TPSA) is 35.6 Å². The Kier molecular flexibility index (Phi) is 8.89. The molecule has 0 N–H and O–H groups in total. The molecule has 0 saturated carbocycles. The normalized spacial score (nSPS) is 12.5. The predicted octanol–water partition coefficient (Wildman–Crippen LogP) is 14.5. The van der Waals surface area contributed by atoms with Gasteiger partial charge in [0.2, 0.25) is 5.95 Å². The first kappa shape index (κ1) is 35.6. The van der Waals surface area contributed by atoms with Crippen molar-refractivity contribution in [2.75, 3.05) is 0 Å². The molecule has 1 unspecified atom stereocenters. The van der Waals surface area contributed by atoms with Gasteiger partial charge in [-0.1, -0.05) is 158 Å². The number of hydrogen-bond acceptors (Lipinski definition) is 2. The van der Waals surface area contributed by atoms with Gasteiger partial charge in [0, 0.05) is 49.8 Å². The number of benzene rings is 8. The van der Waals surface area contributed by atoms with Crippen molar-refractivity contribution < 1.29 is 0 Å². The van der Waals surface area contributed by atoms with Crippen LogP contribution in [0.1, 0.15) is 30.0 Å². The fraction of sp³-hybridized carbons (Fsp3) is 0.0714. The average Bonchev–Trinajstić information content (AvgIpc) is 3.85. The summed E-state index contributed by atoms with van der Waals surface area (Å²) < 4.78 is 4.77. The summed E-state index contributed by atoms with van der Waals surface area (Å²) in [6.07, 6.45) is 9.49. The Morgan fingerprint density at radius 3 is 2.03 bits per heavy atom. The summed E-state index contributed by atoms with van der Waals surface area (Å²) in [6.45, 7) is 4.02.